The Kier molecular flexibility index (Phi) is 3.74. The summed E-state index contributed by atoms with van der Waals surface area (Å²) in [5.74, 6) is 1.68. The quantitative estimate of drug-likeness (QED) is 0.793. The van der Waals surface area contributed by atoms with Gasteiger partial charge in [-0.1, -0.05) is 12.1 Å². The van der Waals surface area contributed by atoms with Crippen LogP contribution in [0.25, 0.3) is 0 Å². The third-order valence-corrected chi connectivity index (χ3v) is 5.28. The SMILES string of the molecule is C[C@H](O)CC[C@@H]1[C@H]2Cc3cccc(O)c3C[C@H]2C[C@H]1O. The van der Waals surface area contributed by atoms with E-state index >= 15 is 0 Å². The molecule has 0 aromatic heterocycles. The van der Waals surface area contributed by atoms with Crippen molar-refractivity contribution in [2.75, 3.05) is 0 Å². The van der Waals surface area contributed by atoms with Gasteiger partial charge in [-0.25, -0.2) is 0 Å². The zero-order valence-electron chi connectivity index (χ0n) is 12.0. The lowest BCUT2D eigenvalue weighted by molar-refractivity contribution is 0.0943. The van der Waals surface area contributed by atoms with Crippen LogP contribution in [0.15, 0.2) is 18.2 Å². The van der Waals surface area contributed by atoms with Crippen molar-refractivity contribution >= 4 is 0 Å². The normalized spacial score (nSPS) is 33.5. The second-order valence-corrected chi connectivity index (χ2v) is 6.64. The standard InChI is InChI=1S/C17H24O3/c1-10(18)5-6-13-14-7-11-3-2-4-16(19)15(11)8-12(14)9-17(13)20/h2-4,10,12-14,17-20H,5-9H2,1H3/t10-,12-,13+,14-,17+/m0/s1. The molecule has 1 fully saturated rings. The summed E-state index contributed by atoms with van der Waals surface area (Å²) in [6.45, 7) is 1.81. The van der Waals surface area contributed by atoms with Gasteiger partial charge in [-0.3, -0.25) is 0 Å². The number of aromatic hydroxyl groups is 1. The van der Waals surface area contributed by atoms with Crippen LogP contribution in [0.2, 0.25) is 0 Å². The number of hydrogen-bond donors (Lipinski definition) is 3. The zero-order valence-corrected chi connectivity index (χ0v) is 12.0. The van der Waals surface area contributed by atoms with Gasteiger partial charge in [-0.05, 0) is 74.0 Å². The maximum Gasteiger partial charge on any atom is 0.119 e. The van der Waals surface area contributed by atoms with Gasteiger partial charge in [0.05, 0.1) is 12.2 Å². The van der Waals surface area contributed by atoms with E-state index < -0.39 is 0 Å². The van der Waals surface area contributed by atoms with Crippen molar-refractivity contribution in [1.29, 1.82) is 0 Å². The molecule has 0 aliphatic heterocycles. The van der Waals surface area contributed by atoms with Crippen LogP contribution in [0, 0.1) is 17.8 Å². The highest BCUT2D eigenvalue weighted by Gasteiger charge is 2.44. The predicted octanol–water partition coefficient (Wildman–Crippen LogP) is 2.27. The summed E-state index contributed by atoms with van der Waals surface area (Å²) in [5, 5.41) is 29.8. The molecule has 0 unspecified atom stereocenters. The Labute approximate surface area is 120 Å². The number of phenols is 1. The minimum atomic E-state index is -0.291. The highest BCUT2D eigenvalue weighted by molar-refractivity contribution is 5.42. The highest BCUT2D eigenvalue weighted by Crippen LogP contribution is 2.48. The average molecular weight is 276 g/mol. The molecule has 3 nitrogen and oxygen atoms in total. The highest BCUT2D eigenvalue weighted by atomic mass is 16.3. The monoisotopic (exact) mass is 276 g/mol. The van der Waals surface area contributed by atoms with E-state index in [1.165, 1.54) is 5.56 Å². The molecular formula is C17H24O3. The Bertz CT molecular complexity index is 483. The molecule has 1 aromatic carbocycles. The third-order valence-electron chi connectivity index (χ3n) is 5.28. The maximum absolute atomic E-state index is 10.3. The van der Waals surface area contributed by atoms with Gasteiger partial charge in [-0.15, -0.1) is 0 Å². The average Bonchev–Trinajstić information content (AvgIpc) is 2.69. The number of phenolic OH excluding ortho intramolecular Hbond substituents is 1. The van der Waals surface area contributed by atoms with Crippen LogP contribution in [0.5, 0.6) is 5.75 Å². The molecule has 0 heterocycles. The molecule has 0 bridgehead atoms. The molecule has 0 saturated heterocycles. The van der Waals surface area contributed by atoms with Crippen molar-refractivity contribution in [1.82, 2.24) is 0 Å². The van der Waals surface area contributed by atoms with E-state index in [1.54, 1.807) is 6.07 Å². The van der Waals surface area contributed by atoms with Crippen LogP contribution in [0.4, 0.5) is 0 Å². The first-order valence-electron chi connectivity index (χ1n) is 7.72. The molecule has 20 heavy (non-hydrogen) atoms. The van der Waals surface area contributed by atoms with E-state index in [-0.39, 0.29) is 12.2 Å². The van der Waals surface area contributed by atoms with E-state index in [0.29, 0.717) is 23.5 Å². The Morgan fingerprint density at radius 3 is 2.85 bits per heavy atom. The second-order valence-electron chi connectivity index (χ2n) is 6.64. The lowest BCUT2D eigenvalue weighted by Gasteiger charge is -2.31. The Hall–Kier alpha value is -1.06. The minimum absolute atomic E-state index is 0.250. The van der Waals surface area contributed by atoms with E-state index in [2.05, 4.69) is 6.07 Å². The molecule has 2 aliphatic carbocycles. The lowest BCUT2D eigenvalue weighted by Crippen LogP contribution is -2.27. The van der Waals surface area contributed by atoms with Gasteiger partial charge in [0.25, 0.3) is 0 Å². The van der Waals surface area contributed by atoms with Crippen molar-refractivity contribution in [3.63, 3.8) is 0 Å². The van der Waals surface area contributed by atoms with Gasteiger partial charge in [-0.2, -0.15) is 0 Å². The topological polar surface area (TPSA) is 60.7 Å². The number of aliphatic hydroxyl groups is 2. The summed E-state index contributed by atoms with van der Waals surface area (Å²) in [6, 6.07) is 5.77. The Morgan fingerprint density at radius 2 is 2.10 bits per heavy atom. The number of fused-ring (bicyclic) bond motifs is 2. The van der Waals surface area contributed by atoms with Crippen LogP contribution in [0.3, 0.4) is 0 Å². The van der Waals surface area contributed by atoms with Crippen LogP contribution >= 0.6 is 0 Å². The van der Waals surface area contributed by atoms with Gasteiger partial charge >= 0.3 is 0 Å². The summed E-state index contributed by atoms with van der Waals surface area (Å²) >= 11 is 0. The van der Waals surface area contributed by atoms with Gasteiger partial charge in [0.2, 0.25) is 0 Å². The largest absolute Gasteiger partial charge is 0.508 e. The number of benzene rings is 1. The van der Waals surface area contributed by atoms with Crippen molar-refractivity contribution < 1.29 is 15.3 Å². The molecule has 0 amide bonds. The van der Waals surface area contributed by atoms with Crippen molar-refractivity contribution in [2.45, 2.75) is 51.2 Å². The molecular weight excluding hydrogens is 252 g/mol. The third kappa shape index (κ3) is 2.45. The van der Waals surface area contributed by atoms with E-state index in [0.717, 1.165) is 37.7 Å². The van der Waals surface area contributed by atoms with E-state index in [9.17, 15) is 15.3 Å². The molecule has 1 aromatic rings. The second kappa shape index (κ2) is 5.38. The van der Waals surface area contributed by atoms with Crippen LogP contribution in [0.1, 0.15) is 37.3 Å². The molecule has 110 valence electrons. The molecule has 3 N–H and O–H groups in total. The summed E-state index contributed by atoms with van der Waals surface area (Å²) in [4.78, 5) is 0. The Balaban J connectivity index is 1.79. The van der Waals surface area contributed by atoms with Gasteiger partial charge in [0.1, 0.15) is 5.75 Å². The lowest BCUT2D eigenvalue weighted by atomic mass is 9.73. The number of hydrogen-bond acceptors (Lipinski definition) is 3. The summed E-state index contributed by atoms with van der Waals surface area (Å²) in [7, 11) is 0. The van der Waals surface area contributed by atoms with Crippen LogP contribution < -0.4 is 0 Å². The summed E-state index contributed by atoms with van der Waals surface area (Å²) in [6.07, 6.45) is 3.79. The molecule has 1 saturated carbocycles. The molecule has 5 atom stereocenters. The fourth-order valence-corrected chi connectivity index (χ4v) is 4.25. The van der Waals surface area contributed by atoms with Gasteiger partial charge in [0.15, 0.2) is 0 Å². The fourth-order valence-electron chi connectivity index (χ4n) is 4.25. The first kappa shape index (κ1) is 13.9. The van der Waals surface area contributed by atoms with Crippen LogP contribution in [-0.2, 0) is 12.8 Å². The predicted molar refractivity (Wildman–Crippen MR) is 77.5 cm³/mol. The van der Waals surface area contributed by atoms with Crippen molar-refractivity contribution in [2.24, 2.45) is 17.8 Å². The fraction of sp³-hybridized carbons (Fsp3) is 0.647. The molecule has 2 aliphatic rings. The molecule has 0 radical (unpaired) electrons. The smallest absolute Gasteiger partial charge is 0.119 e. The molecule has 3 rings (SSSR count). The number of aliphatic hydroxyl groups excluding tert-OH is 2. The number of rotatable bonds is 3. The first-order valence-corrected chi connectivity index (χ1v) is 7.72. The Morgan fingerprint density at radius 1 is 1.30 bits per heavy atom. The summed E-state index contributed by atoms with van der Waals surface area (Å²) in [5.41, 5.74) is 2.32. The van der Waals surface area contributed by atoms with Gasteiger partial charge in [0, 0.05) is 0 Å². The summed E-state index contributed by atoms with van der Waals surface area (Å²) < 4.78 is 0. The molecule has 3 heteroatoms. The van der Waals surface area contributed by atoms with Gasteiger partial charge < -0.3 is 15.3 Å². The maximum atomic E-state index is 10.3. The first-order chi connectivity index (χ1) is 9.56. The van der Waals surface area contributed by atoms with E-state index in [1.807, 2.05) is 13.0 Å². The van der Waals surface area contributed by atoms with Crippen molar-refractivity contribution in [3.8, 4) is 5.75 Å². The van der Waals surface area contributed by atoms with E-state index in [4.69, 9.17) is 0 Å². The molecule has 0 spiro atoms. The van der Waals surface area contributed by atoms with Crippen LogP contribution in [-0.4, -0.2) is 27.5 Å². The van der Waals surface area contributed by atoms with Crippen molar-refractivity contribution in [3.05, 3.63) is 29.3 Å². The zero-order chi connectivity index (χ0) is 14.3. The minimum Gasteiger partial charge on any atom is -0.508 e.